The molecule has 0 aliphatic carbocycles. The van der Waals surface area contributed by atoms with Crippen LogP contribution in [0.2, 0.25) is 0 Å². The molecule has 0 spiro atoms. The largest absolute Gasteiger partial charge is 0.381 e. The van der Waals surface area contributed by atoms with Gasteiger partial charge in [0.25, 0.3) is 0 Å². The third-order valence-corrected chi connectivity index (χ3v) is 3.37. The van der Waals surface area contributed by atoms with Crippen molar-refractivity contribution in [1.29, 1.82) is 5.26 Å². The molecule has 1 aliphatic rings. The van der Waals surface area contributed by atoms with E-state index in [-0.39, 0.29) is 0 Å². The lowest BCUT2D eigenvalue weighted by molar-refractivity contribution is 0.0407. The van der Waals surface area contributed by atoms with Crippen LogP contribution >= 0.6 is 0 Å². The predicted molar refractivity (Wildman–Crippen MR) is 66.5 cm³/mol. The highest BCUT2D eigenvalue weighted by molar-refractivity contribution is 5.37. The zero-order valence-electron chi connectivity index (χ0n) is 10.2. The van der Waals surface area contributed by atoms with E-state index < -0.39 is 0 Å². The Morgan fingerprint density at radius 2 is 2.06 bits per heavy atom. The summed E-state index contributed by atoms with van der Waals surface area (Å²) < 4.78 is 5.37. The summed E-state index contributed by atoms with van der Waals surface area (Å²) in [6.45, 7) is 2.55. The summed E-state index contributed by atoms with van der Waals surface area (Å²) in [6.07, 6.45) is 2.18. The normalized spacial score (nSPS) is 17.0. The van der Waals surface area contributed by atoms with Gasteiger partial charge in [-0.15, -0.1) is 0 Å². The van der Waals surface area contributed by atoms with Crippen molar-refractivity contribution in [3.05, 3.63) is 35.4 Å². The highest BCUT2D eigenvalue weighted by atomic mass is 16.5. The van der Waals surface area contributed by atoms with Gasteiger partial charge < -0.3 is 4.74 Å². The Balaban J connectivity index is 2.02. The van der Waals surface area contributed by atoms with E-state index in [0.29, 0.717) is 6.04 Å². The van der Waals surface area contributed by atoms with Gasteiger partial charge in [0.1, 0.15) is 0 Å². The molecular formula is C14H18N2O. The maximum atomic E-state index is 9.05. The van der Waals surface area contributed by atoms with E-state index in [1.165, 1.54) is 0 Å². The number of nitriles is 1. The van der Waals surface area contributed by atoms with E-state index in [0.717, 1.165) is 43.7 Å². The van der Waals surface area contributed by atoms with Crippen molar-refractivity contribution in [2.75, 3.05) is 20.3 Å². The summed E-state index contributed by atoms with van der Waals surface area (Å²) in [5, 5.41) is 9.05. The van der Waals surface area contributed by atoms with Gasteiger partial charge in [0.15, 0.2) is 0 Å². The lowest BCUT2D eigenvalue weighted by Crippen LogP contribution is -2.36. The molecule has 17 heavy (non-hydrogen) atoms. The molecule has 1 aliphatic heterocycles. The summed E-state index contributed by atoms with van der Waals surface area (Å²) >= 11 is 0. The molecule has 90 valence electrons. The molecule has 0 bridgehead atoms. The Kier molecular flexibility index (Phi) is 4.13. The zero-order chi connectivity index (χ0) is 12.1. The fraction of sp³-hybridized carbons (Fsp3) is 0.500. The van der Waals surface area contributed by atoms with Crippen LogP contribution in [0.3, 0.4) is 0 Å². The quantitative estimate of drug-likeness (QED) is 0.798. The molecule has 3 nitrogen and oxygen atoms in total. The van der Waals surface area contributed by atoms with Crippen LogP contribution in [0, 0.1) is 11.3 Å². The van der Waals surface area contributed by atoms with Crippen LogP contribution < -0.4 is 0 Å². The zero-order valence-corrected chi connectivity index (χ0v) is 10.2. The van der Waals surface area contributed by atoms with Crippen LogP contribution in [0.25, 0.3) is 0 Å². The van der Waals surface area contributed by atoms with Crippen molar-refractivity contribution in [2.45, 2.75) is 25.4 Å². The molecule has 1 fully saturated rings. The standard InChI is InChI=1S/C14H18N2O/c1-16(14-6-8-17-9-7-14)11-13-5-3-2-4-12(13)10-15/h2-5,14H,6-9,11H2,1H3. The Labute approximate surface area is 103 Å². The van der Waals surface area contributed by atoms with Gasteiger partial charge in [-0.05, 0) is 31.5 Å². The second kappa shape index (κ2) is 5.81. The number of hydrogen-bond donors (Lipinski definition) is 0. The second-order valence-corrected chi connectivity index (χ2v) is 4.53. The molecule has 1 aromatic rings. The van der Waals surface area contributed by atoms with Crippen LogP contribution in [0.15, 0.2) is 24.3 Å². The first-order valence-corrected chi connectivity index (χ1v) is 6.07. The average Bonchev–Trinajstić information content (AvgIpc) is 2.40. The molecule has 3 heteroatoms. The minimum absolute atomic E-state index is 0.579. The molecule has 0 amide bonds. The molecule has 0 N–H and O–H groups in total. The Morgan fingerprint density at radius 3 is 2.76 bits per heavy atom. The van der Waals surface area contributed by atoms with E-state index in [2.05, 4.69) is 18.0 Å². The van der Waals surface area contributed by atoms with Crippen LogP contribution in [0.4, 0.5) is 0 Å². The van der Waals surface area contributed by atoms with Crippen molar-refractivity contribution in [3.63, 3.8) is 0 Å². The SMILES string of the molecule is CN(Cc1ccccc1C#N)C1CCOCC1. The van der Waals surface area contributed by atoms with E-state index in [4.69, 9.17) is 10.00 Å². The number of rotatable bonds is 3. The van der Waals surface area contributed by atoms with Gasteiger partial charge in [0, 0.05) is 25.8 Å². The predicted octanol–water partition coefficient (Wildman–Crippen LogP) is 2.17. The summed E-state index contributed by atoms with van der Waals surface area (Å²) in [5.74, 6) is 0. The minimum atomic E-state index is 0.579. The van der Waals surface area contributed by atoms with Gasteiger partial charge in [-0.2, -0.15) is 5.26 Å². The number of ether oxygens (including phenoxy) is 1. The van der Waals surface area contributed by atoms with Gasteiger partial charge in [0.05, 0.1) is 11.6 Å². The van der Waals surface area contributed by atoms with Crippen LogP contribution in [0.1, 0.15) is 24.0 Å². The fourth-order valence-electron chi connectivity index (χ4n) is 2.29. The van der Waals surface area contributed by atoms with E-state index in [1.807, 2.05) is 24.3 Å². The van der Waals surface area contributed by atoms with Crippen LogP contribution in [-0.4, -0.2) is 31.2 Å². The first-order valence-electron chi connectivity index (χ1n) is 6.07. The first kappa shape index (κ1) is 12.1. The van der Waals surface area contributed by atoms with Crippen molar-refractivity contribution in [3.8, 4) is 6.07 Å². The van der Waals surface area contributed by atoms with Crippen molar-refractivity contribution in [1.82, 2.24) is 4.90 Å². The Morgan fingerprint density at radius 1 is 1.35 bits per heavy atom. The maximum absolute atomic E-state index is 9.05. The second-order valence-electron chi connectivity index (χ2n) is 4.53. The monoisotopic (exact) mass is 230 g/mol. The van der Waals surface area contributed by atoms with E-state index in [9.17, 15) is 0 Å². The third kappa shape index (κ3) is 3.06. The molecule has 0 radical (unpaired) electrons. The van der Waals surface area contributed by atoms with Crippen molar-refractivity contribution in [2.24, 2.45) is 0 Å². The van der Waals surface area contributed by atoms with E-state index >= 15 is 0 Å². The number of nitrogens with zero attached hydrogens (tertiary/aromatic N) is 2. The van der Waals surface area contributed by atoms with Crippen LogP contribution in [-0.2, 0) is 11.3 Å². The lowest BCUT2D eigenvalue weighted by Gasteiger charge is -2.31. The van der Waals surface area contributed by atoms with Gasteiger partial charge in [0.2, 0.25) is 0 Å². The van der Waals surface area contributed by atoms with E-state index in [1.54, 1.807) is 0 Å². The smallest absolute Gasteiger partial charge is 0.0995 e. The molecule has 2 rings (SSSR count). The highest BCUT2D eigenvalue weighted by Gasteiger charge is 2.18. The molecule has 1 saturated heterocycles. The first-order chi connectivity index (χ1) is 8.31. The highest BCUT2D eigenvalue weighted by Crippen LogP contribution is 2.17. The molecule has 1 heterocycles. The topological polar surface area (TPSA) is 36.3 Å². The minimum Gasteiger partial charge on any atom is -0.381 e. The number of benzene rings is 1. The Bertz CT molecular complexity index is 405. The molecule has 0 aromatic heterocycles. The molecule has 1 aromatic carbocycles. The lowest BCUT2D eigenvalue weighted by atomic mass is 10.0. The maximum Gasteiger partial charge on any atom is 0.0995 e. The number of hydrogen-bond acceptors (Lipinski definition) is 3. The van der Waals surface area contributed by atoms with Gasteiger partial charge in [-0.1, -0.05) is 18.2 Å². The Hall–Kier alpha value is -1.37. The summed E-state index contributed by atoms with van der Waals surface area (Å²) in [6, 6.07) is 10.7. The summed E-state index contributed by atoms with van der Waals surface area (Å²) in [5.41, 5.74) is 1.90. The third-order valence-electron chi connectivity index (χ3n) is 3.37. The molecule has 0 unspecified atom stereocenters. The molecular weight excluding hydrogens is 212 g/mol. The molecule has 0 saturated carbocycles. The summed E-state index contributed by atoms with van der Waals surface area (Å²) in [7, 11) is 2.13. The molecule has 0 atom stereocenters. The summed E-state index contributed by atoms with van der Waals surface area (Å²) in [4.78, 5) is 2.33. The van der Waals surface area contributed by atoms with Crippen molar-refractivity contribution >= 4 is 0 Å². The van der Waals surface area contributed by atoms with Gasteiger partial charge in [-0.3, -0.25) is 4.90 Å². The van der Waals surface area contributed by atoms with Crippen LogP contribution in [0.5, 0.6) is 0 Å². The average molecular weight is 230 g/mol. The van der Waals surface area contributed by atoms with Gasteiger partial charge in [-0.25, -0.2) is 0 Å². The van der Waals surface area contributed by atoms with Crippen molar-refractivity contribution < 1.29 is 4.74 Å². The fourth-order valence-corrected chi connectivity index (χ4v) is 2.29. The van der Waals surface area contributed by atoms with Gasteiger partial charge >= 0.3 is 0 Å².